The van der Waals surface area contributed by atoms with E-state index in [0.717, 1.165) is 5.56 Å². The first-order chi connectivity index (χ1) is 7.72. The van der Waals surface area contributed by atoms with Crippen LogP contribution in [0.25, 0.3) is 0 Å². The van der Waals surface area contributed by atoms with Crippen molar-refractivity contribution in [2.24, 2.45) is 0 Å². The van der Waals surface area contributed by atoms with Crippen molar-refractivity contribution >= 4 is 0 Å². The molecule has 5 nitrogen and oxygen atoms in total. The van der Waals surface area contributed by atoms with Crippen LogP contribution >= 0.6 is 0 Å². The maximum Gasteiger partial charge on any atom is 0.331 e. The highest BCUT2D eigenvalue weighted by atomic mass is 16.5. The lowest BCUT2D eigenvalue weighted by Gasteiger charge is -2.05. The number of hydrogen-bond donors (Lipinski definition) is 2. The first kappa shape index (κ1) is 10.4. The number of nitrogens with one attached hydrogen (secondary N) is 1. The number of hydrogen-bond acceptors (Lipinski definition) is 3. The summed E-state index contributed by atoms with van der Waals surface area (Å²) in [5.41, 5.74) is 0.570. The fourth-order valence-corrected chi connectivity index (χ4v) is 1.56. The fraction of sp³-hybridized carbons (Fsp3) is 0.182. The molecule has 0 aliphatic carbocycles. The normalized spacial score (nSPS) is 10.3. The summed E-state index contributed by atoms with van der Waals surface area (Å²) in [5, 5.41) is 9.39. The Morgan fingerprint density at radius 2 is 2.06 bits per heavy atom. The molecule has 0 saturated heterocycles. The minimum atomic E-state index is -0.391. The maximum atomic E-state index is 11.5. The van der Waals surface area contributed by atoms with Crippen LogP contribution in [0.15, 0.2) is 35.1 Å². The van der Waals surface area contributed by atoms with Gasteiger partial charge in [-0.1, -0.05) is 30.3 Å². The highest BCUT2D eigenvalue weighted by Gasteiger charge is 2.13. The predicted octanol–water partition coefficient (Wildman–Crippen LogP) is 0.939. The number of benzene rings is 1. The summed E-state index contributed by atoms with van der Waals surface area (Å²) in [7, 11) is 1.41. The third-order valence-corrected chi connectivity index (χ3v) is 2.30. The number of nitrogens with zero attached hydrogens (tertiary/aromatic N) is 1. The van der Waals surface area contributed by atoms with E-state index < -0.39 is 5.69 Å². The first-order valence-electron chi connectivity index (χ1n) is 4.82. The van der Waals surface area contributed by atoms with Gasteiger partial charge in [-0.3, -0.25) is 9.55 Å². The molecule has 2 rings (SSSR count). The van der Waals surface area contributed by atoms with Gasteiger partial charge in [-0.05, 0) is 5.56 Å². The van der Waals surface area contributed by atoms with E-state index in [-0.39, 0.29) is 11.8 Å². The van der Waals surface area contributed by atoms with E-state index in [4.69, 9.17) is 4.74 Å². The van der Waals surface area contributed by atoms with Crippen LogP contribution in [0.2, 0.25) is 0 Å². The molecule has 84 valence electrons. The second-order valence-corrected chi connectivity index (χ2v) is 3.36. The van der Waals surface area contributed by atoms with E-state index in [2.05, 4.69) is 4.98 Å². The summed E-state index contributed by atoms with van der Waals surface area (Å²) < 4.78 is 6.29. The van der Waals surface area contributed by atoms with Gasteiger partial charge in [-0.25, -0.2) is 4.79 Å². The number of methoxy groups -OCH3 is 1. The number of H-pyrrole nitrogens is 1. The van der Waals surface area contributed by atoms with E-state index in [0.29, 0.717) is 6.54 Å². The van der Waals surface area contributed by atoms with Crippen molar-refractivity contribution in [1.29, 1.82) is 0 Å². The summed E-state index contributed by atoms with van der Waals surface area (Å²) >= 11 is 0. The molecular formula is C11H12N2O3. The molecule has 0 radical (unpaired) electrons. The minimum absolute atomic E-state index is 0.147. The number of rotatable bonds is 3. The average Bonchev–Trinajstić information content (AvgIpc) is 2.55. The third kappa shape index (κ3) is 1.79. The molecule has 0 fully saturated rings. The SMILES string of the molecule is COc1c(O)[nH]c(=O)n1Cc1ccccc1. The van der Waals surface area contributed by atoms with Gasteiger partial charge in [0.15, 0.2) is 0 Å². The Hall–Kier alpha value is -2.17. The molecule has 16 heavy (non-hydrogen) atoms. The van der Waals surface area contributed by atoms with Crippen molar-refractivity contribution in [1.82, 2.24) is 9.55 Å². The Morgan fingerprint density at radius 1 is 1.38 bits per heavy atom. The zero-order valence-corrected chi connectivity index (χ0v) is 8.80. The molecule has 2 aromatic rings. The highest BCUT2D eigenvalue weighted by molar-refractivity contribution is 5.27. The number of aromatic amines is 1. The van der Waals surface area contributed by atoms with Crippen molar-refractivity contribution in [2.75, 3.05) is 7.11 Å². The molecule has 2 N–H and O–H groups in total. The van der Waals surface area contributed by atoms with Gasteiger partial charge in [0.2, 0.25) is 0 Å². The lowest BCUT2D eigenvalue weighted by molar-refractivity contribution is 0.341. The Bertz CT molecular complexity index is 528. The van der Waals surface area contributed by atoms with Crippen molar-refractivity contribution in [3.05, 3.63) is 46.4 Å². The average molecular weight is 220 g/mol. The molecule has 0 bridgehead atoms. The van der Waals surface area contributed by atoms with E-state index in [1.165, 1.54) is 11.7 Å². The van der Waals surface area contributed by atoms with Gasteiger partial charge in [0.1, 0.15) is 0 Å². The predicted molar refractivity (Wildman–Crippen MR) is 58.8 cm³/mol. The van der Waals surface area contributed by atoms with Gasteiger partial charge in [0, 0.05) is 0 Å². The van der Waals surface area contributed by atoms with Gasteiger partial charge < -0.3 is 9.84 Å². The lowest BCUT2D eigenvalue weighted by atomic mass is 10.2. The largest absolute Gasteiger partial charge is 0.491 e. The molecule has 0 saturated carbocycles. The summed E-state index contributed by atoms with van der Waals surface area (Å²) in [6.07, 6.45) is 0. The Labute approximate surface area is 91.9 Å². The molecule has 0 unspecified atom stereocenters. The van der Waals surface area contributed by atoms with Gasteiger partial charge in [0.25, 0.3) is 11.8 Å². The summed E-state index contributed by atoms with van der Waals surface area (Å²) in [5.74, 6) is -0.0997. The Kier molecular flexibility index (Phi) is 2.68. The topological polar surface area (TPSA) is 67.2 Å². The smallest absolute Gasteiger partial charge is 0.331 e. The molecule has 0 aliphatic heterocycles. The molecule has 0 amide bonds. The second-order valence-electron chi connectivity index (χ2n) is 3.36. The molecule has 0 aliphatic rings. The quantitative estimate of drug-likeness (QED) is 0.808. The van der Waals surface area contributed by atoms with Crippen LogP contribution in [0.1, 0.15) is 5.56 Å². The lowest BCUT2D eigenvalue weighted by Crippen LogP contribution is -2.18. The number of aromatic hydroxyl groups is 1. The minimum Gasteiger partial charge on any atom is -0.491 e. The number of imidazole rings is 1. The molecule has 0 spiro atoms. The van der Waals surface area contributed by atoms with Gasteiger partial charge in [-0.2, -0.15) is 0 Å². The fourth-order valence-electron chi connectivity index (χ4n) is 1.56. The monoisotopic (exact) mass is 220 g/mol. The summed E-state index contributed by atoms with van der Waals surface area (Å²) in [6, 6.07) is 9.47. The van der Waals surface area contributed by atoms with Crippen LogP contribution in [-0.2, 0) is 6.54 Å². The number of aromatic nitrogens is 2. The van der Waals surface area contributed by atoms with Crippen LogP contribution < -0.4 is 10.4 Å². The highest BCUT2D eigenvalue weighted by Crippen LogP contribution is 2.21. The first-order valence-corrected chi connectivity index (χ1v) is 4.82. The van der Waals surface area contributed by atoms with Gasteiger partial charge in [-0.15, -0.1) is 0 Å². The van der Waals surface area contributed by atoms with Crippen LogP contribution in [-0.4, -0.2) is 21.8 Å². The van der Waals surface area contributed by atoms with Gasteiger partial charge in [0.05, 0.1) is 13.7 Å². The Morgan fingerprint density at radius 3 is 2.69 bits per heavy atom. The van der Waals surface area contributed by atoms with Crippen molar-refractivity contribution in [2.45, 2.75) is 6.54 Å². The number of ether oxygens (including phenoxy) is 1. The molecular weight excluding hydrogens is 208 g/mol. The molecule has 5 heteroatoms. The van der Waals surface area contributed by atoms with Crippen molar-refractivity contribution < 1.29 is 9.84 Å². The molecule has 1 heterocycles. The third-order valence-electron chi connectivity index (χ3n) is 2.30. The molecule has 1 aromatic heterocycles. The van der Waals surface area contributed by atoms with Crippen molar-refractivity contribution in [3.63, 3.8) is 0 Å². The molecule has 0 atom stereocenters. The van der Waals surface area contributed by atoms with Crippen molar-refractivity contribution in [3.8, 4) is 11.8 Å². The zero-order chi connectivity index (χ0) is 11.5. The molecule has 1 aromatic carbocycles. The second kappa shape index (κ2) is 4.14. The maximum absolute atomic E-state index is 11.5. The van der Waals surface area contributed by atoms with Gasteiger partial charge >= 0.3 is 5.69 Å². The van der Waals surface area contributed by atoms with E-state index in [9.17, 15) is 9.90 Å². The zero-order valence-electron chi connectivity index (χ0n) is 8.80. The van der Waals surface area contributed by atoms with Crippen LogP contribution in [0.3, 0.4) is 0 Å². The standard InChI is InChI=1S/C11H12N2O3/c1-16-10-9(14)12-11(15)13(10)7-8-5-3-2-4-6-8/h2-6,14H,7H2,1H3,(H,12,15). The van der Waals surface area contributed by atoms with Crippen LogP contribution in [0.4, 0.5) is 0 Å². The Balaban J connectivity index is 2.38. The van der Waals surface area contributed by atoms with Crippen LogP contribution in [0.5, 0.6) is 11.8 Å². The van der Waals surface area contributed by atoms with Crippen LogP contribution in [0, 0.1) is 0 Å². The van der Waals surface area contributed by atoms with E-state index >= 15 is 0 Å². The van der Waals surface area contributed by atoms with E-state index in [1.807, 2.05) is 30.3 Å². The summed E-state index contributed by atoms with van der Waals surface area (Å²) in [4.78, 5) is 13.8. The summed E-state index contributed by atoms with van der Waals surface area (Å²) in [6.45, 7) is 0.361. The van der Waals surface area contributed by atoms with E-state index in [1.54, 1.807) is 0 Å².